The Balaban J connectivity index is 1.82. The van der Waals surface area contributed by atoms with Gasteiger partial charge in [-0.3, -0.25) is 14.4 Å². The Hall–Kier alpha value is -1.59. The lowest BCUT2D eigenvalue weighted by Gasteiger charge is -2.36. The van der Waals surface area contributed by atoms with Crippen LogP contribution in [0.2, 0.25) is 0 Å². The number of nitrogens with zero attached hydrogens (tertiary/aromatic N) is 1. The second-order valence-corrected chi connectivity index (χ2v) is 6.56. The fourth-order valence-electron chi connectivity index (χ4n) is 3.43. The first-order chi connectivity index (χ1) is 10.5. The number of carboxylic acid groups (broad SMARTS) is 1. The summed E-state index contributed by atoms with van der Waals surface area (Å²) in [6, 6.07) is 0.0367. The van der Waals surface area contributed by atoms with Crippen molar-refractivity contribution < 1.29 is 19.5 Å². The van der Waals surface area contributed by atoms with Crippen molar-refractivity contribution in [3.8, 4) is 0 Å². The van der Waals surface area contributed by atoms with Crippen molar-refractivity contribution in [2.24, 2.45) is 11.8 Å². The van der Waals surface area contributed by atoms with Crippen molar-refractivity contribution in [1.82, 2.24) is 10.2 Å². The average Bonchev–Trinajstić information content (AvgIpc) is 2.53. The van der Waals surface area contributed by atoms with Gasteiger partial charge in [0.1, 0.15) is 0 Å². The molecule has 0 spiro atoms. The molecule has 2 amide bonds. The summed E-state index contributed by atoms with van der Waals surface area (Å²) in [6.07, 6.45) is 6.45. The van der Waals surface area contributed by atoms with Gasteiger partial charge in [-0.15, -0.1) is 0 Å². The van der Waals surface area contributed by atoms with Gasteiger partial charge in [-0.2, -0.15) is 0 Å². The molecule has 1 saturated carbocycles. The molecular formula is C16H26N2O4. The maximum absolute atomic E-state index is 12.3. The summed E-state index contributed by atoms with van der Waals surface area (Å²) in [5.74, 6) is -1.52. The molecule has 0 aromatic heterocycles. The molecule has 2 unspecified atom stereocenters. The molecule has 2 N–H and O–H groups in total. The van der Waals surface area contributed by atoms with Crippen LogP contribution in [0.5, 0.6) is 0 Å². The third-order valence-electron chi connectivity index (χ3n) is 4.94. The minimum atomic E-state index is -0.851. The monoisotopic (exact) mass is 310 g/mol. The predicted octanol–water partition coefficient (Wildman–Crippen LogP) is 1.39. The topological polar surface area (TPSA) is 86.7 Å². The number of hydrogen-bond acceptors (Lipinski definition) is 3. The van der Waals surface area contributed by atoms with E-state index in [0.29, 0.717) is 12.8 Å². The summed E-state index contributed by atoms with van der Waals surface area (Å²) < 4.78 is 0. The average molecular weight is 310 g/mol. The highest BCUT2D eigenvalue weighted by Gasteiger charge is 2.32. The van der Waals surface area contributed by atoms with Gasteiger partial charge in [0, 0.05) is 18.5 Å². The Morgan fingerprint density at radius 2 is 1.73 bits per heavy atom. The largest absolute Gasteiger partial charge is 0.481 e. The molecule has 0 bridgehead atoms. The first kappa shape index (κ1) is 16.8. The molecular weight excluding hydrogens is 284 g/mol. The summed E-state index contributed by atoms with van der Waals surface area (Å²) >= 11 is 0. The van der Waals surface area contributed by atoms with E-state index in [-0.39, 0.29) is 36.9 Å². The maximum atomic E-state index is 12.3. The highest BCUT2D eigenvalue weighted by Crippen LogP contribution is 2.24. The van der Waals surface area contributed by atoms with E-state index in [4.69, 9.17) is 5.11 Å². The highest BCUT2D eigenvalue weighted by atomic mass is 16.4. The molecule has 0 aromatic carbocycles. The second-order valence-electron chi connectivity index (χ2n) is 6.56. The summed E-state index contributed by atoms with van der Waals surface area (Å²) in [4.78, 5) is 37.0. The summed E-state index contributed by atoms with van der Waals surface area (Å²) in [6.45, 7) is 2.15. The van der Waals surface area contributed by atoms with Crippen LogP contribution in [0.15, 0.2) is 0 Å². The molecule has 6 heteroatoms. The molecule has 2 atom stereocenters. The quantitative estimate of drug-likeness (QED) is 0.821. The van der Waals surface area contributed by atoms with E-state index in [0.717, 1.165) is 25.7 Å². The lowest BCUT2D eigenvalue weighted by molar-refractivity contribution is -0.147. The van der Waals surface area contributed by atoms with Gasteiger partial charge in [0.05, 0.1) is 12.5 Å². The van der Waals surface area contributed by atoms with Crippen molar-refractivity contribution in [2.45, 2.75) is 57.9 Å². The van der Waals surface area contributed by atoms with Crippen molar-refractivity contribution in [1.29, 1.82) is 0 Å². The van der Waals surface area contributed by atoms with Gasteiger partial charge in [-0.05, 0) is 32.6 Å². The smallest absolute Gasteiger partial charge is 0.308 e. The number of carbonyl (C=O) groups is 3. The molecule has 1 aliphatic carbocycles. The number of carboxylic acids is 1. The van der Waals surface area contributed by atoms with Crippen LogP contribution >= 0.6 is 0 Å². The third kappa shape index (κ3) is 4.21. The number of amides is 2. The van der Waals surface area contributed by atoms with Gasteiger partial charge >= 0.3 is 5.97 Å². The van der Waals surface area contributed by atoms with Crippen LogP contribution in [0.4, 0.5) is 0 Å². The van der Waals surface area contributed by atoms with Gasteiger partial charge in [0.25, 0.3) is 0 Å². The van der Waals surface area contributed by atoms with Crippen LogP contribution in [0.1, 0.15) is 51.9 Å². The third-order valence-corrected chi connectivity index (χ3v) is 4.94. The molecule has 2 aliphatic rings. The van der Waals surface area contributed by atoms with E-state index in [2.05, 4.69) is 5.32 Å². The van der Waals surface area contributed by atoms with Crippen LogP contribution < -0.4 is 5.32 Å². The molecule has 22 heavy (non-hydrogen) atoms. The minimum Gasteiger partial charge on any atom is -0.481 e. The number of rotatable bonds is 4. The zero-order chi connectivity index (χ0) is 16.1. The predicted molar refractivity (Wildman–Crippen MR) is 81.1 cm³/mol. The molecule has 2 fully saturated rings. The first-order valence-electron chi connectivity index (χ1n) is 8.29. The lowest BCUT2D eigenvalue weighted by atomic mass is 9.88. The maximum Gasteiger partial charge on any atom is 0.308 e. The second kappa shape index (κ2) is 7.61. The Morgan fingerprint density at radius 3 is 2.36 bits per heavy atom. The number of carbonyl (C=O) groups excluding carboxylic acids is 2. The van der Waals surface area contributed by atoms with Crippen molar-refractivity contribution in [3.05, 3.63) is 0 Å². The number of nitrogens with one attached hydrogen (secondary N) is 1. The molecule has 124 valence electrons. The zero-order valence-electron chi connectivity index (χ0n) is 13.2. The van der Waals surface area contributed by atoms with E-state index in [9.17, 15) is 14.4 Å². The van der Waals surface area contributed by atoms with E-state index >= 15 is 0 Å². The van der Waals surface area contributed by atoms with Crippen LogP contribution in [0.3, 0.4) is 0 Å². The van der Waals surface area contributed by atoms with E-state index in [1.165, 1.54) is 6.42 Å². The first-order valence-corrected chi connectivity index (χ1v) is 8.29. The fourth-order valence-corrected chi connectivity index (χ4v) is 3.43. The van der Waals surface area contributed by atoms with Gasteiger partial charge in [-0.25, -0.2) is 0 Å². The number of piperidine rings is 1. The van der Waals surface area contributed by atoms with E-state index in [1.807, 2.05) is 6.92 Å². The summed E-state index contributed by atoms with van der Waals surface area (Å²) in [5, 5.41) is 11.8. The molecule has 1 heterocycles. The van der Waals surface area contributed by atoms with Gasteiger partial charge in [0.2, 0.25) is 11.8 Å². The number of hydrogen-bond donors (Lipinski definition) is 2. The standard InChI is InChI=1S/C16H26N2O4/c1-11-7-8-13(16(21)22)10-18(11)14(19)9-17-15(20)12-5-3-2-4-6-12/h11-13H,2-10H2,1H3,(H,17,20)(H,21,22). The molecule has 2 rings (SSSR count). The Kier molecular flexibility index (Phi) is 5.80. The van der Waals surface area contributed by atoms with E-state index in [1.54, 1.807) is 4.90 Å². The normalized spacial score (nSPS) is 26.5. The van der Waals surface area contributed by atoms with Crippen molar-refractivity contribution >= 4 is 17.8 Å². The van der Waals surface area contributed by atoms with Crippen molar-refractivity contribution in [2.75, 3.05) is 13.1 Å². The van der Waals surface area contributed by atoms with Gasteiger partial charge in [0.15, 0.2) is 0 Å². The number of likely N-dealkylation sites (tertiary alicyclic amines) is 1. The molecule has 0 aromatic rings. The Bertz CT molecular complexity index is 432. The lowest BCUT2D eigenvalue weighted by Crippen LogP contribution is -2.51. The minimum absolute atomic E-state index is 0.0218. The molecule has 1 saturated heterocycles. The fraction of sp³-hybridized carbons (Fsp3) is 0.812. The zero-order valence-corrected chi connectivity index (χ0v) is 13.2. The van der Waals surface area contributed by atoms with Crippen LogP contribution in [0, 0.1) is 11.8 Å². The summed E-state index contributed by atoms with van der Waals surface area (Å²) in [5.41, 5.74) is 0. The summed E-state index contributed by atoms with van der Waals surface area (Å²) in [7, 11) is 0. The van der Waals surface area contributed by atoms with Gasteiger partial charge < -0.3 is 15.3 Å². The van der Waals surface area contributed by atoms with E-state index < -0.39 is 11.9 Å². The van der Waals surface area contributed by atoms with Crippen molar-refractivity contribution in [3.63, 3.8) is 0 Å². The van der Waals surface area contributed by atoms with Crippen LogP contribution in [0.25, 0.3) is 0 Å². The molecule has 1 aliphatic heterocycles. The van der Waals surface area contributed by atoms with Crippen LogP contribution in [-0.4, -0.2) is 46.9 Å². The molecule has 0 radical (unpaired) electrons. The highest BCUT2D eigenvalue weighted by molar-refractivity contribution is 5.86. The Labute approximate surface area is 131 Å². The van der Waals surface area contributed by atoms with Crippen LogP contribution in [-0.2, 0) is 14.4 Å². The molecule has 6 nitrogen and oxygen atoms in total. The SMILES string of the molecule is CC1CCC(C(=O)O)CN1C(=O)CNC(=O)C1CCCCC1. The number of aliphatic carboxylic acids is 1. The van der Waals surface area contributed by atoms with Gasteiger partial charge in [-0.1, -0.05) is 19.3 Å². The Morgan fingerprint density at radius 1 is 1.05 bits per heavy atom.